The van der Waals surface area contributed by atoms with Crippen LogP contribution in [0.3, 0.4) is 0 Å². The standard InChI is InChI=1S/C13H14O4/c1-9-2-3-10(4-6-12(14)15)11(8-9)5-7-13(16)17/h2-4,6,8H,5,7H2,1H3,(H,14,15)(H,16,17)/b6-4+. The van der Waals surface area contributed by atoms with Crippen molar-refractivity contribution in [2.45, 2.75) is 19.8 Å². The van der Waals surface area contributed by atoms with E-state index in [-0.39, 0.29) is 6.42 Å². The first-order chi connectivity index (χ1) is 7.99. The Morgan fingerprint density at radius 2 is 2.00 bits per heavy atom. The Hall–Kier alpha value is -2.10. The highest BCUT2D eigenvalue weighted by Gasteiger charge is 2.04. The summed E-state index contributed by atoms with van der Waals surface area (Å²) in [6.07, 6.45) is 2.97. The summed E-state index contributed by atoms with van der Waals surface area (Å²) in [4.78, 5) is 21.0. The van der Waals surface area contributed by atoms with Gasteiger partial charge >= 0.3 is 11.9 Å². The summed E-state index contributed by atoms with van der Waals surface area (Å²) in [5.41, 5.74) is 2.63. The third kappa shape index (κ3) is 4.51. The van der Waals surface area contributed by atoms with Crippen LogP contribution in [0, 0.1) is 6.92 Å². The summed E-state index contributed by atoms with van der Waals surface area (Å²) in [6.45, 7) is 1.91. The molecule has 0 aromatic heterocycles. The van der Waals surface area contributed by atoms with Gasteiger partial charge in [-0.25, -0.2) is 4.79 Å². The molecule has 1 rings (SSSR count). The van der Waals surface area contributed by atoms with Crippen LogP contribution in [0.25, 0.3) is 6.08 Å². The Balaban J connectivity index is 2.95. The number of carboxylic acid groups (broad SMARTS) is 2. The fourth-order valence-electron chi connectivity index (χ4n) is 1.52. The highest BCUT2D eigenvalue weighted by molar-refractivity contribution is 5.85. The Morgan fingerprint density at radius 3 is 2.59 bits per heavy atom. The number of carbonyl (C=O) groups is 2. The molecule has 0 atom stereocenters. The third-order valence-electron chi connectivity index (χ3n) is 2.31. The van der Waals surface area contributed by atoms with Crippen LogP contribution in [-0.4, -0.2) is 22.2 Å². The lowest BCUT2D eigenvalue weighted by Gasteiger charge is -2.06. The first kappa shape index (κ1) is 13.0. The Kier molecular flexibility index (Phi) is 4.46. The number of aryl methyl sites for hydroxylation is 2. The van der Waals surface area contributed by atoms with E-state index in [1.165, 1.54) is 6.08 Å². The molecule has 0 saturated heterocycles. The van der Waals surface area contributed by atoms with Crippen molar-refractivity contribution in [1.82, 2.24) is 0 Å². The van der Waals surface area contributed by atoms with E-state index < -0.39 is 11.9 Å². The van der Waals surface area contributed by atoms with Gasteiger partial charge in [-0.05, 0) is 30.5 Å². The Morgan fingerprint density at radius 1 is 1.29 bits per heavy atom. The van der Waals surface area contributed by atoms with E-state index in [0.29, 0.717) is 6.42 Å². The molecule has 4 heteroatoms. The van der Waals surface area contributed by atoms with Gasteiger partial charge in [-0.15, -0.1) is 0 Å². The molecule has 90 valence electrons. The van der Waals surface area contributed by atoms with Crippen LogP contribution < -0.4 is 0 Å². The molecule has 1 aromatic rings. The van der Waals surface area contributed by atoms with E-state index in [1.54, 1.807) is 6.07 Å². The molecule has 1 aromatic carbocycles. The highest BCUT2D eigenvalue weighted by Crippen LogP contribution is 2.15. The first-order valence-electron chi connectivity index (χ1n) is 5.21. The van der Waals surface area contributed by atoms with Crippen LogP contribution in [0.4, 0.5) is 0 Å². The molecule has 4 nitrogen and oxygen atoms in total. The molecule has 0 unspecified atom stereocenters. The predicted octanol–water partition coefficient (Wildman–Crippen LogP) is 2.11. The van der Waals surface area contributed by atoms with E-state index >= 15 is 0 Å². The monoisotopic (exact) mass is 234 g/mol. The second-order valence-corrected chi connectivity index (χ2v) is 3.77. The van der Waals surface area contributed by atoms with Crippen molar-refractivity contribution in [2.75, 3.05) is 0 Å². The molecular formula is C13H14O4. The maximum absolute atomic E-state index is 10.5. The normalized spacial score (nSPS) is 10.6. The van der Waals surface area contributed by atoms with Crippen LogP contribution >= 0.6 is 0 Å². The molecule has 0 spiro atoms. The van der Waals surface area contributed by atoms with Gasteiger partial charge in [0.15, 0.2) is 0 Å². The number of aliphatic carboxylic acids is 2. The number of carboxylic acids is 2. The van der Waals surface area contributed by atoms with Gasteiger partial charge < -0.3 is 10.2 Å². The molecule has 0 aliphatic heterocycles. The average molecular weight is 234 g/mol. The minimum Gasteiger partial charge on any atom is -0.481 e. The van der Waals surface area contributed by atoms with Crippen LogP contribution in [0.5, 0.6) is 0 Å². The van der Waals surface area contributed by atoms with Crippen molar-refractivity contribution >= 4 is 18.0 Å². The largest absolute Gasteiger partial charge is 0.481 e. The third-order valence-corrected chi connectivity index (χ3v) is 2.31. The lowest BCUT2D eigenvalue weighted by molar-refractivity contribution is -0.137. The van der Waals surface area contributed by atoms with Crippen molar-refractivity contribution in [1.29, 1.82) is 0 Å². The molecule has 0 aliphatic carbocycles. The van der Waals surface area contributed by atoms with Crippen molar-refractivity contribution in [3.63, 3.8) is 0 Å². The molecule has 0 radical (unpaired) electrons. The zero-order valence-electron chi connectivity index (χ0n) is 9.51. The van der Waals surface area contributed by atoms with Crippen LogP contribution in [0.2, 0.25) is 0 Å². The summed E-state index contributed by atoms with van der Waals surface area (Å²) >= 11 is 0. The molecule has 0 saturated carbocycles. The topological polar surface area (TPSA) is 74.6 Å². The van der Waals surface area contributed by atoms with E-state index in [4.69, 9.17) is 10.2 Å². The SMILES string of the molecule is Cc1ccc(/C=C/C(=O)O)c(CCC(=O)O)c1. The predicted molar refractivity (Wildman–Crippen MR) is 63.8 cm³/mol. The lowest BCUT2D eigenvalue weighted by atomic mass is 10.00. The van der Waals surface area contributed by atoms with E-state index in [1.807, 2.05) is 19.1 Å². The molecule has 2 N–H and O–H groups in total. The van der Waals surface area contributed by atoms with Crippen molar-refractivity contribution in [2.24, 2.45) is 0 Å². The smallest absolute Gasteiger partial charge is 0.328 e. The zero-order valence-corrected chi connectivity index (χ0v) is 9.51. The van der Waals surface area contributed by atoms with Crippen molar-refractivity contribution in [3.05, 3.63) is 41.0 Å². The number of benzene rings is 1. The second-order valence-electron chi connectivity index (χ2n) is 3.77. The van der Waals surface area contributed by atoms with Gasteiger partial charge in [-0.2, -0.15) is 0 Å². The molecule has 0 bridgehead atoms. The highest BCUT2D eigenvalue weighted by atomic mass is 16.4. The van der Waals surface area contributed by atoms with Crippen LogP contribution in [0.1, 0.15) is 23.1 Å². The average Bonchev–Trinajstić information content (AvgIpc) is 2.24. The first-order valence-corrected chi connectivity index (χ1v) is 5.21. The van der Waals surface area contributed by atoms with Gasteiger partial charge in [0.2, 0.25) is 0 Å². The molecule has 0 heterocycles. The molecular weight excluding hydrogens is 220 g/mol. The molecule has 0 aliphatic rings. The number of hydrogen-bond acceptors (Lipinski definition) is 2. The minimum absolute atomic E-state index is 0.0391. The van der Waals surface area contributed by atoms with E-state index in [0.717, 1.165) is 22.8 Å². The van der Waals surface area contributed by atoms with Crippen molar-refractivity contribution in [3.8, 4) is 0 Å². The fraction of sp³-hybridized carbons (Fsp3) is 0.231. The summed E-state index contributed by atoms with van der Waals surface area (Å²) in [5, 5.41) is 17.2. The molecule has 0 amide bonds. The quantitative estimate of drug-likeness (QED) is 0.765. The number of hydrogen-bond donors (Lipinski definition) is 2. The summed E-state index contributed by atoms with van der Waals surface area (Å²) in [6, 6.07) is 5.54. The maximum atomic E-state index is 10.5. The Bertz CT molecular complexity index is 460. The van der Waals surface area contributed by atoms with Gasteiger partial charge in [0, 0.05) is 12.5 Å². The fourth-order valence-corrected chi connectivity index (χ4v) is 1.52. The zero-order chi connectivity index (χ0) is 12.8. The molecule has 17 heavy (non-hydrogen) atoms. The van der Waals surface area contributed by atoms with Gasteiger partial charge in [-0.3, -0.25) is 4.79 Å². The van der Waals surface area contributed by atoms with Crippen molar-refractivity contribution < 1.29 is 19.8 Å². The summed E-state index contributed by atoms with van der Waals surface area (Å²) < 4.78 is 0. The van der Waals surface area contributed by atoms with Gasteiger partial charge in [0.05, 0.1) is 0 Å². The molecule has 0 fully saturated rings. The lowest BCUT2D eigenvalue weighted by Crippen LogP contribution is -1.99. The van der Waals surface area contributed by atoms with Gasteiger partial charge in [-0.1, -0.05) is 23.8 Å². The van der Waals surface area contributed by atoms with E-state index in [9.17, 15) is 9.59 Å². The summed E-state index contributed by atoms with van der Waals surface area (Å²) in [7, 11) is 0. The van der Waals surface area contributed by atoms with Crippen LogP contribution in [0.15, 0.2) is 24.3 Å². The summed E-state index contributed by atoms with van der Waals surface area (Å²) in [5.74, 6) is -1.88. The Labute approximate surface area is 99.2 Å². The minimum atomic E-state index is -1.02. The van der Waals surface area contributed by atoms with Gasteiger partial charge in [0.25, 0.3) is 0 Å². The van der Waals surface area contributed by atoms with Crippen LogP contribution in [-0.2, 0) is 16.0 Å². The maximum Gasteiger partial charge on any atom is 0.328 e. The van der Waals surface area contributed by atoms with E-state index in [2.05, 4.69) is 0 Å². The number of rotatable bonds is 5. The second kappa shape index (κ2) is 5.84. The van der Waals surface area contributed by atoms with Gasteiger partial charge in [0.1, 0.15) is 0 Å².